The largest absolute Gasteiger partial charge is 0.336 e. The number of carbonyl (C=O) groups excluding carboxylic acids is 1. The van der Waals surface area contributed by atoms with Crippen molar-refractivity contribution in [3.05, 3.63) is 30.3 Å². The zero-order valence-electron chi connectivity index (χ0n) is 12.8. The Morgan fingerprint density at radius 2 is 1.87 bits per heavy atom. The number of hydrogen-bond acceptors (Lipinski definition) is 4. The molecule has 2 fully saturated rings. The number of rotatable bonds is 3. The number of piperidine rings is 1. The third-order valence-electron chi connectivity index (χ3n) is 4.31. The molecule has 1 aromatic rings. The van der Waals surface area contributed by atoms with E-state index in [4.69, 9.17) is 0 Å². The zero-order chi connectivity index (χ0) is 15.6. The Bertz CT molecular complexity index is 639. The van der Waals surface area contributed by atoms with Gasteiger partial charge in [0.15, 0.2) is 0 Å². The minimum Gasteiger partial charge on any atom is -0.336 e. The molecule has 6 nitrogen and oxygen atoms in total. The van der Waals surface area contributed by atoms with Crippen LogP contribution in [0.4, 0.5) is 0 Å². The van der Waals surface area contributed by atoms with Gasteiger partial charge in [-0.2, -0.15) is 4.31 Å². The number of amides is 1. The highest BCUT2D eigenvalue weighted by molar-refractivity contribution is 7.89. The van der Waals surface area contributed by atoms with Gasteiger partial charge in [-0.3, -0.25) is 4.79 Å². The Morgan fingerprint density at radius 1 is 1.13 bits per heavy atom. The van der Waals surface area contributed by atoms with Crippen molar-refractivity contribution >= 4 is 28.3 Å². The second-order valence-electron chi connectivity index (χ2n) is 5.74. The molecule has 1 amide bonds. The smallest absolute Gasteiger partial charge is 0.243 e. The van der Waals surface area contributed by atoms with Crippen LogP contribution in [0.1, 0.15) is 12.8 Å². The van der Waals surface area contributed by atoms with Gasteiger partial charge in [-0.25, -0.2) is 8.42 Å². The number of benzene rings is 1. The third-order valence-corrected chi connectivity index (χ3v) is 6.19. The molecule has 0 saturated carbocycles. The second kappa shape index (κ2) is 7.61. The van der Waals surface area contributed by atoms with Crippen molar-refractivity contribution in [3.63, 3.8) is 0 Å². The molecule has 0 spiro atoms. The molecule has 0 bridgehead atoms. The van der Waals surface area contributed by atoms with Gasteiger partial charge in [-0.15, -0.1) is 12.4 Å². The summed E-state index contributed by atoms with van der Waals surface area (Å²) in [6, 6.07) is 8.49. The Kier molecular flexibility index (Phi) is 6.02. The van der Waals surface area contributed by atoms with Gasteiger partial charge in [-0.1, -0.05) is 18.2 Å². The molecule has 2 aliphatic rings. The summed E-state index contributed by atoms with van der Waals surface area (Å²) < 4.78 is 26.9. The van der Waals surface area contributed by atoms with Crippen LogP contribution in [0.15, 0.2) is 35.2 Å². The van der Waals surface area contributed by atoms with Crippen LogP contribution in [0, 0.1) is 0 Å². The summed E-state index contributed by atoms with van der Waals surface area (Å²) in [4.78, 5) is 14.2. The Hall–Kier alpha value is -1.15. The molecule has 1 N–H and O–H groups in total. The van der Waals surface area contributed by atoms with E-state index in [1.807, 2.05) is 4.90 Å². The predicted octanol–water partition coefficient (Wildman–Crippen LogP) is 0.693. The lowest BCUT2D eigenvalue weighted by atomic mass is 10.1. The van der Waals surface area contributed by atoms with Gasteiger partial charge in [0, 0.05) is 32.2 Å². The first-order valence-electron chi connectivity index (χ1n) is 7.64. The van der Waals surface area contributed by atoms with E-state index in [1.54, 1.807) is 30.3 Å². The topological polar surface area (TPSA) is 69.7 Å². The summed E-state index contributed by atoms with van der Waals surface area (Å²) in [5, 5.41) is 3.05. The van der Waals surface area contributed by atoms with Gasteiger partial charge in [0.25, 0.3) is 0 Å². The first kappa shape index (κ1) is 18.2. The molecule has 0 aromatic heterocycles. The van der Waals surface area contributed by atoms with E-state index in [2.05, 4.69) is 5.32 Å². The minimum atomic E-state index is -3.47. The van der Waals surface area contributed by atoms with Crippen LogP contribution < -0.4 is 5.32 Å². The van der Waals surface area contributed by atoms with Crippen LogP contribution in [-0.2, 0) is 14.8 Å². The minimum absolute atomic E-state index is 0. The Labute approximate surface area is 143 Å². The molecule has 8 heteroatoms. The van der Waals surface area contributed by atoms with Crippen molar-refractivity contribution in [1.82, 2.24) is 14.5 Å². The maximum Gasteiger partial charge on any atom is 0.243 e. The average molecular weight is 360 g/mol. The normalized spacial score (nSPS) is 23.4. The maximum atomic E-state index is 12.7. The van der Waals surface area contributed by atoms with Crippen LogP contribution >= 0.6 is 12.4 Å². The fourth-order valence-electron chi connectivity index (χ4n) is 3.14. The van der Waals surface area contributed by atoms with Gasteiger partial charge >= 0.3 is 0 Å². The Balaban J connectivity index is 0.00000192. The summed E-state index contributed by atoms with van der Waals surface area (Å²) in [6.45, 7) is 2.69. The van der Waals surface area contributed by atoms with Crippen molar-refractivity contribution < 1.29 is 13.2 Å². The van der Waals surface area contributed by atoms with Crippen LogP contribution in [0.25, 0.3) is 0 Å². The molecule has 2 saturated heterocycles. The van der Waals surface area contributed by atoms with E-state index in [9.17, 15) is 13.2 Å². The lowest BCUT2D eigenvalue weighted by Gasteiger charge is -2.40. The average Bonchev–Trinajstić information content (AvgIpc) is 2.56. The molecule has 0 aliphatic carbocycles. The van der Waals surface area contributed by atoms with Crippen LogP contribution in [-0.4, -0.2) is 62.3 Å². The van der Waals surface area contributed by atoms with Gasteiger partial charge in [-0.05, 0) is 25.0 Å². The maximum absolute atomic E-state index is 12.7. The number of hydrogen-bond donors (Lipinski definition) is 1. The number of nitrogens with zero attached hydrogens (tertiary/aromatic N) is 2. The molecule has 2 aliphatic heterocycles. The number of sulfonamides is 1. The van der Waals surface area contributed by atoms with Crippen molar-refractivity contribution in [2.75, 3.05) is 32.7 Å². The first-order chi connectivity index (χ1) is 10.6. The molecule has 2 heterocycles. The standard InChI is InChI=1S/C15H21N3O3S.ClH/c19-15-11-16-8-10-18(15)13-5-4-9-17(12-13)22(20,21)14-6-2-1-3-7-14;/h1-3,6-7,13,16H,4-5,8-12H2;1H. The van der Waals surface area contributed by atoms with Crippen molar-refractivity contribution in [3.8, 4) is 0 Å². The van der Waals surface area contributed by atoms with E-state index in [0.29, 0.717) is 31.1 Å². The van der Waals surface area contributed by atoms with Crippen LogP contribution in [0.3, 0.4) is 0 Å². The number of nitrogens with one attached hydrogen (secondary N) is 1. The fourth-order valence-corrected chi connectivity index (χ4v) is 4.68. The van der Waals surface area contributed by atoms with Gasteiger partial charge < -0.3 is 10.2 Å². The predicted molar refractivity (Wildman–Crippen MR) is 90.1 cm³/mol. The van der Waals surface area contributed by atoms with E-state index in [0.717, 1.165) is 19.4 Å². The quantitative estimate of drug-likeness (QED) is 0.862. The molecule has 1 unspecified atom stereocenters. The molecular formula is C15H22ClN3O3S. The van der Waals surface area contributed by atoms with E-state index >= 15 is 0 Å². The second-order valence-corrected chi connectivity index (χ2v) is 7.67. The number of carbonyl (C=O) groups is 1. The third kappa shape index (κ3) is 3.85. The highest BCUT2D eigenvalue weighted by Crippen LogP contribution is 2.23. The van der Waals surface area contributed by atoms with Gasteiger partial charge in [0.05, 0.1) is 11.4 Å². The summed E-state index contributed by atoms with van der Waals surface area (Å²) in [6.07, 6.45) is 1.65. The molecule has 0 radical (unpaired) electrons. The van der Waals surface area contributed by atoms with E-state index < -0.39 is 10.0 Å². The molecule has 1 aromatic carbocycles. The first-order valence-corrected chi connectivity index (χ1v) is 9.08. The lowest BCUT2D eigenvalue weighted by Crippen LogP contribution is -2.57. The molecule has 1 atom stereocenters. The highest BCUT2D eigenvalue weighted by Gasteiger charge is 2.34. The van der Waals surface area contributed by atoms with Gasteiger partial charge in [0.2, 0.25) is 15.9 Å². The lowest BCUT2D eigenvalue weighted by molar-refractivity contribution is -0.135. The molecular weight excluding hydrogens is 338 g/mol. The molecule has 23 heavy (non-hydrogen) atoms. The summed E-state index contributed by atoms with van der Waals surface area (Å²) in [7, 11) is -3.47. The van der Waals surface area contributed by atoms with Crippen molar-refractivity contribution in [1.29, 1.82) is 0 Å². The highest BCUT2D eigenvalue weighted by atomic mass is 35.5. The van der Waals surface area contributed by atoms with Gasteiger partial charge in [0.1, 0.15) is 0 Å². The summed E-state index contributed by atoms with van der Waals surface area (Å²) in [5.41, 5.74) is 0. The Morgan fingerprint density at radius 3 is 2.57 bits per heavy atom. The molecule has 128 valence electrons. The van der Waals surface area contributed by atoms with E-state index in [-0.39, 0.29) is 24.4 Å². The zero-order valence-corrected chi connectivity index (χ0v) is 14.5. The monoisotopic (exact) mass is 359 g/mol. The molecule has 3 rings (SSSR count). The summed E-state index contributed by atoms with van der Waals surface area (Å²) in [5.74, 6) is 0.0650. The van der Waals surface area contributed by atoms with Crippen LogP contribution in [0.2, 0.25) is 0 Å². The van der Waals surface area contributed by atoms with Crippen molar-refractivity contribution in [2.45, 2.75) is 23.8 Å². The van der Waals surface area contributed by atoms with Crippen molar-refractivity contribution in [2.24, 2.45) is 0 Å². The SMILES string of the molecule is Cl.O=C1CNCCN1C1CCCN(S(=O)(=O)c2ccccc2)C1. The summed E-state index contributed by atoms with van der Waals surface area (Å²) >= 11 is 0. The fraction of sp³-hybridized carbons (Fsp3) is 0.533. The van der Waals surface area contributed by atoms with E-state index in [1.165, 1.54) is 4.31 Å². The number of piperazine rings is 1. The van der Waals surface area contributed by atoms with Crippen LogP contribution in [0.5, 0.6) is 0 Å². The number of halogens is 1.